The van der Waals surface area contributed by atoms with Crippen LogP contribution in [-0.2, 0) is 25.5 Å². The molecule has 17 nitrogen and oxygen atoms in total. The Morgan fingerprint density at radius 3 is 2.33 bits per heavy atom. The van der Waals surface area contributed by atoms with E-state index in [-0.39, 0.29) is 34.7 Å². The summed E-state index contributed by atoms with van der Waals surface area (Å²) < 4.78 is 6.16. The first kappa shape index (κ1) is 44.1. The van der Waals surface area contributed by atoms with Crippen molar-refractivity contribution in [1.29, 1.82) is 21.5 Å². The smallest absolute Gasteiger partial charge is 0.313 e. The summed E-state index contributed by atoms with van der Waals surface area (Å²) in [5, 5.41) is 46.5. The number of carbonyl (C=O) groups is 3. The molecule has 2 unspecified atom stereocenters. The Morgan fingerprint density at radius 1 is 1.06 bits per heavy atom. The molecule has 0 aliphatic rings. The van der Waals surface area contributed by atoms with Gasteiger partial charge in [-0.25, -0.2) is 5.01 Å². The van der Waals surface area contributed by atoms with Gasteiger partial charge in [0.15, 0.2) is 6.19 Å². The Bertz CT molecular complexity index is 1760. The number of ether oxygens (including phenoxy) is 1. The topological polar surface area (TPSA) is 256 Å². The van der Waals surface area contributed by atoms with Crippen molar-refractivity contribution in [3.8, 4) is 12.3 Å². The van der Waals surface area contributed by atoms with Gasteiger partial charge < -0.3 is 31.3 Å². The highest BCUT2D eigenvalue weighted by molar-refractivity contribution is 6.40. The largest absolute Gasteiger partial charge is 0.347 e. The quantitative estimate of drug-likeness (QED) is 0.0143. The van der Waals surface area contributed by atoms with Crippen LogP contribution in [0.15, 0.2) is 65.0 Å². The Kier molecular flexibility index (Phi) is 17.5. The Balaban J connectivity index is 2.40. The number of nitriles is 2. The van der Waals surface area contributed by atoms with Gasteiger partial charge in [-0.1, -0.05) is 48.9 Å². The van der Waals surface area contributed by atoms with E-state index in [9.17, 15) is 24.9 Å². The summed E-state index contributed by atoms with van der Waals surface area (Å²) in [7, 11) is 0. The van der Waals surface area contributed by atoms with E-state index in [1.54, 1.807) is 37.4 Å². The first-order valence-electron chi connectivity index (χ1n) is 17.1. The number of benzene rings is 2. The molecule has 3 amide bonds. The molecule has 54 heavy (non-hydrogen) atoms. The summed E-state index contributed by atoms with van der Waals surface area (Å²) in [5.74, 6) is -4.37. The second-order valence-electron chi connectivity index (χ2n) is 12.9. The summed E-state index contributed by atoms with van der Waals surface area (Å²) in [6, 6.07) is 11.9. The summed E-state index contributed by atoms with van der Waals surface area (Å²) in [4.78, 5) is 44.9. The van der Waals surface area contributed by atoms with Crippen LogP contribution in [0.2, 0.25) is 5.02 Å². The minimum atomic E-state index is -1.43. The van der Waals surface area contributed by atoms with Gasteiger partial charge in [-0.05, 0) is 82.1 Å². The number of amides is 3. The van der Waals surface area contributed by atoms with E-state index < -0.39 is 35.2 Å². The van der Waals surface area contributed by atoms with Gasteiger partial charge in [0.2, 0.25) is 17.7 Å². The number of rotatable bonds is 18. The molecule has 0 fully saturated rings. The van der Waals surface area contributed by atoms with Crippen molar-refractivity contribution in [3.63, 3.8) is 0 Å². The molecule has 0 heterocycles. The van der Waals surface area contributed by atoms with Crippen LogP contribution < -0.4 is 36.9 Å². The highest BCUT2D eigenvalue weighted by Gasteiger charge is 2.35. The molecule has 0 bridgehead atoms. The molecule has 0 aromatic heterocycles. The maximum absolute atomic E-state index is 14.0. The Labute approximate surface area is 320 Å². The van der Waals surface area contributed by atoms with Crippen molar-refractivity contribution >= 4 is 58.7 Å². The van der Waals surface area contributed by atoms with E-state index in [0.717, 1.165) is 11.3 Å². The van der Waals surface area contributed by atoms with Crippen molar-refractivity contribution in [2.24, 2.45) is 16.1 Å². The molecule has 0 saturated carbocycles. The third-order valence-electron chi connectivity index (χ3n) is 7.35. The first-order chi connectivity index (χ1) is 25.6. The van der Waals surface area contributed by atoms with E-state index in [2.05, 4.69) is 48.2 Å². The summed E-state index contributed by atoms with van der Waals surface area (Å²) in [5.41, 5.74) is 7.87. The van der Waals surface area contributed by atoms with Crippen molar-refractivity contribution in [2.75, 3.05) is 22.2 Å². The minimum Gasteiger partial charge on any atom is -0.347 e. The van der Waals surface area contributed by atoms with E-state index >= 15 is 0 Å². The van der Waals surface area contributed by atoms with E-state index in [1.165, 1.54) is 18.2 Å². The number of allylic oxidation sites excluding steroid dienone is 1. The number of halogens is 1. The molecule has 2 aromatic carbocycles. The summed E-state index contributed by atoms with van der Waals surface area (Å²) in [6.07, 6.45) is 7.93. The Morgan fingerprint density at radius 2 is 1.76 bits per heavy atom. The highest BCUT2D eigenvalue weighted by Crippen LogP contribution is 2.29. The van der Waals surface area contributed by atoms with Gasteiger partial charge in [0.05, 0.1) is 23.0 Å². The van der Waals surface area contributed by atoms with Gasteiger partial charge in [-0.15, -0.1) is 0 Å². The average molecular weight is 762 g/mol. The molecule has 8 N–H and O–H groups in total. The SMILES string of the molecule is CC/C=C/NC(C)(NC(=O)[C@H](Cc1ccc(NC(=NCCC(C#N)CC)NC#N)cc1)NC(=O)C(=O)Nc1cc(Cl)ccc1N(C=N)N=N)OC(C)(C)C. The van der Waals surface area contributed by atoms with Gasteiger partial charge in [0.1, 0.15) is 12.4 Å². The Hall–Kier alpha value is -6.04. The van der Waals surface area contributed by atoms with Crippen LogP contribution in [0.4, 0.5) is 17.1 Å². The third kappa shape index (κ3) is 14.9. The van der Waals surface area contributed by atoms with E-state index in [4.69, 9.17) is 27.3 Å². The van der Waals surface area contributed by atoms with Crippen molar-refractivity contribution in [3.05, 3.63) is 65.3 Å². The fourth-order valence-corrected chi connectivity index (χ4v) is 5.06. The van der Waals surface area contributed by atoms with Crippen LogP contribution in [0, 0.1) is 39.6 Å². The second kappa shape index (κ2) is 21.5. The van der Waals surface area contributed by atoms with Gasteiger partial charge >= 0.3 is 11.8 Å². The van der Waals surface area contributed by atoms with E-state index in [1.807, 2.05) is 46.9 Å². The fourth-order valence-electron chi connectivity index (χ4n) is 4.89. The molecule has 0 aliphatic heterocycles. The molecule has 0 radical (unpaired) electrons. The second-order valence-corrected chi connectivity index (χ2v) is 13.4. The third-order valence-corrected chi connectivity index (χ3v) is 7.58. The lowest BCUT2D eigenvalue weighted by Crippen LogP contribution is -2.63. The molecular formula is C36H48ClN13O4. The monoisotopic (exact) mass is 761 g/mol. The maximum Gasteiger partial charge on any atom is 0.313 e. The molecule has 0 aliphatic carbocycles. The van der Waals surface area contributed by atoms with Crippen LogP contribution in [0.1, 0.15) is 66.4 Å². The van der Waals surface area contributed by atoms with Crippen LogP contribution in [0.5, 0.6) is 0 Å². The molecule has 0 spiro atoms. The lowest BCUT2D eigenvalue weighted by atomic mass is 10.0. The number of nitrogens with zero attached hydrogens (tertiary/aromatic N) is 5. The lowest BCUT2D eigenvalue weighted by Gasteiger charge is -2.38. The van der Waals surface area contributed by atoms with Gasteiger partial charge in [-0.2, -0.15) is 16.1 Å². The number of hydrogen-bond acceptors (Lipinski definition) is 11. The lowest BCUT2D eigenvalue weighted by molar-refractivity contribution is -0.164. The van der Waals surface area contributed by atoms with Gasteiger partial charge in [0, 0.05) is 36.5 Å². The van der Waals surface area contributed by atoms with Crippen LogP contribution >= 0.6 is 11.6 Å². The van der Waals surface area contributed by atoms with Gasteiger partial charge in [-0.3, -0.25) is 30.1 Å². The van der Waals surface area contributed by atoms with Crippen LogP contribution in [-0.4, -0.2) is 54.1 Å². The fraction of sp³-hybridized carbons (Fsp3) is 0.417. The average Bonchev–Trinajstić information content (AvgIpc) is 3.11. The number of anilines is 3. The molecule has 2 aromatic rings. The predicted molar refractivity (Wildman–Crippen MR) is 207 cm³/mol. The van der Waals surface area contributed by atoms with E-state index in [0.29, 0.717) is 37.1 Å². The van der Waals surface area contributed by atoms with Crippen molar-refractivity contribution in [1.82, 2.24) is 21.3 Å². The maximum atomic E-state index is 14.0. The standard InChI is InChI=1S/C36H48ClN13O4/c1-7-9-17-44-36(6,54-35(3,4)5)48-31(51)29(47-33(53)32(52)46-28-20-26(37)12-15-30(28)50(23-40)49-41)19-25-10-13-27(14-11-25)45-34(43-22-39)42-18-16-24(8-2)21-38/h9-15,17,20,23-24,29,40-41,44H,7-8,16,18-19H2,1-6H3,(H,46,52)(H,47,53)(H,48,51)(H2,42,43,45)/b17-9+,40-23?,49-41?/t24?,29-,36?/m0/s1. The number of hydrogen-bond donors (Lipinski definition) is 8. The predicted octanol–water partition coefficient (Wildman–Crippen LogP) is 5.26. The summed E-state index contributed by atoms with van der Waals surface area (Å²) >= 11 is 6.12. The molecule has 3 atom stereocenters. The summed E-state index contributed by atoms with van der Waals surface area (Å²) in [6.45, 7) is 11.3. The number of carbonyl (C=O) groups excluding carboxylic acids is 3. The molecule has 18 heteroatoms. The van der Waals surface area contributed by atoms with Crippen molar-refractivity contribution in [2.45, 2.75) is 84.7 Å². The highest BCUT2D eigenvalue weighted by atomic mass is 35.5. The van der Waals surface area contributed by atoms with Gasteiger partial charge in [0.25, 0.3) is 0 Å². The number of nitrogens with one attached hydrogen (secondary N) is 8. The molecule has 288 valence electrons. The van der Waals surface area contributed by atoms with Crippen molar-refractivity contribution < 1.29 is 19.1 Å². The minimum absolute atomic E-state index is 0.00616. The zero-order valence-electron chi connectivity index (χ0n) is 31.2. The first-order valence-corrected chi connectivity index (χ1v) is 17.5. The zero-order chi connectivity index (χ0) is 40.3. The normalized spacial score (nSPS) is 13.5. The molecular weight excluding hydrogens is 714 g/mol. The van der Waals surface area contributed by atoms with Crippen LogP contribution in [0.3, 0.4) is 0 Å². The molecule has 0 saturated heterocycles. The number of aliphatic imine (C=N–C) groups is 1. The molecule has 2 rings (SSSR count). The number of guanidine groups is 1. The van der Waals surface area contributed by atoms with Crippen LogP contribution in [0.25, 0.3) is 0 Å². The zero-order valence-corrected chi connectivity index (χ0v) is 32.0.